The quantitative estimate of drug-likeness (QED) is 0.928. The molecule has 0 bridgehead atoms. The van der Waals surface area contributed by atoms with Gasteiger partial charge in [-0.15, -0.1) is 0 Å². The number of hydrogen-bond acceptors (Lipinski definition) is 4. The fourth-order valence-electron chi connectivity index (χ4n) is 1.54. The van der Waals surface area contributed by atoms with Crippen molar-refractivity contribution >= 4 is 28.1 Å². The lowest BCUT2D eigenvalue weighted by Gasteiger charge is -2.02. The second-order valence-electron chi connectivity index (χ2n) is 3.85. The number of thiazole rings is 1. The predicted octanol–water partition coefficient (Wildman–Crippen LogP) is 3.63. The van der Waals surface area contributed by atoms with Crippen LogP contribution in [0.1, 0.15) is 16.1 Å². The van der Waals surface area contributed by atoms with E-state index in [1.807, 2.05) is 31.2 Å². The molecule has 3 nitrogen and oxygen atoms in total. The fourth-order valence-corrected chi connectivity index (χ4v) is 2.46. The molecular weight excluding hydrogens is 266 g/mol. The lowest BCUT2D eigenvalue weighted by molar-refractivity contribution is 1.01. The Kier molecular flexibility index (Phi) is 4.19. The second-order valence-corrected chi connectivity index (χ2v) is 5.28. The summed E-state index contributed by atoms with van der Waals surface area (Å²) in [5.74, 6) is 0. The smallest absolute Gasteiger partial charge is 0.184 e. The van der Waals surface area contributed by atoms with Gasteiger partial charge in [0.25, 0.3) is 0 Å². The summed E-state index contributed by atoms with van der Waals surface area (Å²) < 4.78 is 0. The predicted molar refractivity (Wildman–Crippen MR) is 75.2 cm³/mol. The zero-order valence-corrected chi connectivity index (χ0v) is 11.5. The molecule has 0 aliphatic rings. The molecular formula is C13H12ClN3S. The largest absolute Gasteiger partial charge is 0.361 e. The zero-order valence-electron chi connectivity index (χ0n) is 9.90. The van der Waals surface area contributed by atoms with Crippen molar-refractivity contribution in [3.05, 3.63) is 45.4 Å². The van der Waals surface area contributed by atoms with Gasteiger partial charge >= 0.3 is 0 Å². The number of anilines is 1. The van der Waals surface area contributed by atoms with Crippen LogP contribution in [0.3, 0.4) is 0 Å². The first-order valence-corrected chi connectivity index (χ1v) is 6.74. The van der Waals surface area contributed by atoms with Gasteiger partial charge in [-0.25, -0.2) is 4.98 Å². The molecule has 0 spiro atoms. The van der Waals surface area contributed by atoms with Crippen LogP contribution in [0.15, 0.2) is 24.3 Å². The number of rotatable bonds is 4. The summed E-state index contributed by atoms with van der Waals surface area (Å²) in [6.45, 7) is 2.64. The Balaban J connectivity index is 1.88. The summed E-state index contributed by atoms with van der Waals surface area (Å²) in [5, 5.41) is 13.6. The van der Waals surface area contributed by atoms with E-state index in [1.165, 1.54) is 16.9 Å². The summed E-state index contributed by atoms with van der Waals surface area (Å²) in [7, 11) is 0. The molecule has 0 aliphatic carbocycles. The Morgan fingerprint density at radius 3 is 2.72 bits per heavy atom. The fraction of sp³-hybridized carbons (Fsp3) is 0.231. The highest BCUT2D eigenvalue weighted by Gasteiger charge is 2.05. The van der Waals surface area contributed by atoms with E-state index >= 15 is 0 Å². The number of nitrogens with one attached hydrogen (secondary N) is 1. The molecule has 0 saturated heterocycles. The molecule has 1 aromatic carbocycles. The number of nitriles is 1. The highest BCUT2D eigenvalue weighted by atomic mass is 35.5. The van der Waals surface area contributed by atoms with Crippen LogP contribution in [-0.4, -0.2) is 11.5 Å². The molecule has 0 aliphatic heterocycles. The molecule has 5 heteroatoms. The SMILES string of the molecule is Cc1nc(NCCc2ccc(Cl)cc2)sc1C#N. The summed E-state index contributed by atoms with van der Waals surface area (Å²) >= 11 is 7.22. The molecule has 0 radical (unpaired) electrons. The van der Waals surface area contributed by atoms with Crippen molar-refractivity contribution in [3.63, 3.8) is 0 Å². The van der Waals surface area contributed by atoms with Crippen LogP contribution < -0.4 is 5.32 Å². The van der Waals surface area contributed by atoms with Crippen molar-refractivity contribution < 1.29 is 0 Å². The van der Waals surface area contributed by atoms with Crippen LogP contribution in [0.25, 0.3) is 0 Å². The van der Waals surface area contributed by atoms with E-state index in [4.69, 9.17) is 16.9 Å². The van der Waals surface area contributed by atoms with Crippen LogP contribution in [-0.2, 0) is 6.42 Å². The Labute approximate surface area is 115 Å². The van der Waals surface area contributed by atoms with Gasteiger partial charge in [-0.05, 0) is 31.0 Å². The minimum atomic E-state index is 0.670. The Morgan fingerprint density at radius 2 is 2.11 bits per heavy atom. The summed E-state index contributed by atoms with van der Waals surface area (Å²) in [6, 6.07) is 9.93. The molecule has 1 aromatic heterocycles. The van der Waals surface area contributed by atoms with Crippen LogP contribution in [0.2, 0.25) is 5.02 Å². The number of nitrogens with zero attached hydrogens (tertiary/aromatic N) is 2. The normalized spacial score (nSPS) is 10.1. The van der Waals surface area contributed by atoms with Gasteiger partial charge in [0.05, 0.1) is 5.69 Å². The van der Waals surface area contributed by atoms with Gasteiger partial charge in [0.15, 0.2) is 5.13 Å². The first-order chi connectivity index (χ1) is 8.69. The number of benzene rings is 1. The second kappa shape index (κ2) is 5.85. The average Bonchev–Trinajstić information content (AvgIpc) is 2.72. The first kappa shape index (κ1) is 12.9. The first-order valence-electron chi connectivity index (χ1n) is 5.55. The van der Waals surface area contributed by atoms with E-state index in [-0.39, 0.29) is 0 Å². The summed E-state index contributed by atoms with van der Waals surface area (Å²) in [6.07, 6.45) is 0.900. The topological polar surface area (TPSA) is 48.7 Å². The number of halogens is 1. The van der Waals surface area contributed by atoms with E-state index in [1.54, 1.807) is 0 Å². The third-order valence-electron chi connectivity index (χ3n) is 2.50. The van der Waals surface area contributed by atoms with Gasteiger partial charge in [-0.3, -0.25) is 0 Å². The van der Waals surface area contributed by atoms with Crippen molar-refractivity contribution in [2.45, 2.75) is 13.3 Å². The highest BCUT2D eigenvalue weighted by molar-refractivity contribution is 7.16. The molecule has 1 heterocycles. The molecule has 2 rings (SSSR count). The molecule has 0 amide bonds. The van der Waals surface area contributed by atoms with Crippen molar-refractivity contribution in [1.82, 2.24) is 4.98 Å². The number of aromatic nitrogens is 1. The van der Waals surface area contributed by atoms with Gasteiger partial charge in [-0.1, -0.05) is 35.1 Å². The maximum absolute atomic E-state index is 8.84. The van der Waals surface area contributed by atoms with E-state index in [9.17, 15) is 0 Å². The maximum atomic E-state index is 8.84. The van der Waals surface area contributed by atoms with Crippen molar-refractivity contribution in [3.8, 4) is 6.07 Å². The summed E-state index contributed by atoms with van der Waals surface area (Å²) in [4.78, 5) is 4.96. The van der Waals surface area contributed by atoms with Gasteiger partial charge in [0.2, 0.25) is 0 Å². The third-order valence-corrected chi connectivity index (χ3v) is 3.77. The minimum absolute atomic E-state index is 0.670. The monoisotopic (exact) mass is 277 g/mol. The van der Waals surface area contributed by atoms with Gasteiger partial charge in [0, 0.05) is 11.6 Å². The molecule has 18 heavy (non-hydrogen) atoms. The molecule has 92 valence electrons. The van der Waals surface area contributed by atoms with Gasteiger partial charge in [-0.2, -0.15) is 5.26 Å². The number of hydrogen-bond donors (Lipinski definition) is 1. The van der Waals surface area contributed by atoms with Crippen molar-refractivity contribution in [2.75, 3.05) is 11.9 Å². The Bertz CT molecular complexity index is 569. The van der Waals surface area contributed by atoms with E-state index in [0.717, 1.165) is 28.8 Å². The molecule has 0 saturated carbocycles. The molecule has 1 N–H and O–H groups in total. The van der Waals surface area contributed by atoms with E-state index in [2.05, 4.69) is 16.4 Å². The lowest BCUT2D eigenvalue weighted by atomic mass is 10.1. The van der Waals surface area contributed by atoms with Crippen molar-refractivity contribution in [2.24, 2.45) is 0 Å². The Hall–Kier alpha value is -1.57. The molecule has 2 aromatic rings. The van der Waals surface area contributed by atoms with Crippen LogP contribution in [0.5, 0.6) is 0 Å². The van der Waals surface area contributed by atoms with Gasteiger partial charge in [0.1, 0.15) is 10.9 Å². The van der Waals surface area contributed by atoms with Gasteiger partial charge < -0.3 is 5.32 Å². The van der Waals surface area contributed by atoms with Crippen LogP contribution >= 0.6 is 22.9 Å². The number of aryl methyl sites for hydroxylation is 1. The molecule has 0 unspecified atom stereocenters. The third kappa shape index (κ3) is 3.22. The van der Waals surface area contributed by atoms with E-state index < -0.39 is 0 Å². The average molecular weight is 278 g/mol. The standard InChI is InChI=1S/C13H12ClN3S/c1-9-12(8-15)18-13(17-9)16-7-6-10-2-4-11(14)5-3-10/h2-5H,6-7H2,1H3,(H,16,17). The Morgan fingerprint density at radius 1 is 1.39 bits per heavy atom. The highest BCUT2D eigenvalue weighted by Crippen LogP contribution is 2.21. The van der Waals surface area contributed by atoms with E-state index in [0.29, 0.717) is 4.88 Å². The minimum Gasteiger partial charge on any atom is -0.361 e. The van der Waals surface area contributed by atoms with Crippen LogP contribution in [0, 0.1) is 18.3 Å². The maximum Gasteiger partial charge on any atom is 0.184 e. The van der Waals surface area contributed by atoms with Crippen LogP contribution in [0.4, 0.5) is 5.13 Å². The lowest BCUT2D eigenvalue weighted by Crippen LogP contribution is -2.04. The summed E-state index contributed by atoms with van der Waals surface area (Å²) in [5.41, 5.74) is 2.01. The van der Waals surface area contributed by atoms with Crippen molar-refractivity contribution in [1.29, 1.82) is 5.26 Å². The molecule has 0 atom stereocenters. The molecule has 0 fully saturated rings. The zero-order chi connectivity index (χ0) is 13.0.